The lowest BCUT2D eigenvalue weighted by Crippen LogP contribution is -2.44. The summed E-state index contributed by atoms with van der Waals surface area (Å²) in [5.74, 6) is -1.03. The van der Waals surface area contributed by atoms with Gasteiger partial charge in [-0.1, -0.05) is 48.6 Å². The Morgan fingerprint density at radius 2 is 1.91 bits per heavy atom. The number of esters is 1. The third-order valence-corrected chi connectivity index (χ3v) is 5.70. The van der Waals surface area contributed by atoms with E-state index in [1.54, 1.807) is 13.1 Å². The van der Waals surface area contributed by atoms with E-state index in [1.807, 2.05) is 54.6 Å². The molecule has 1 aliphatic heterocycles. The van der Waals surface area contributed by atoms with Crippen LogP contribution in [-0.4, -0.2) is 26.9 Å². The van der Waals surface area contributed by atoms with Gasteiger partial charge in [-0.25, -0.2) is 4.79 Å². The molecule has 2 amide bonds. The SMILES string of the molecule is Cn1c(=O)n(C2CCC(=O)NC2=O)c2ccc(C=CCCC(=O)OCc3ccccc3)cc21. The van der Waals surface area contributed by atoms with Gasteiger partial charge in [0.25, 0.3) is 0 Å². The highest BCUT2D eigenvalue weighted by Crippen LogP contribution is 2.24. The summed E-state index contributed by atoms with van der Waals surface area (Å²) < 4.78 is 8.22. The van der Waals surface area contributed by atoms with E-state index >= 15 is 0 Å². The van der Waals surface area contributed by atoms with Crippen LogP contribution in [0.15, 0.2) is 59.4 Å². The summed E-state index contributed by atoms with van der Waals surface area (Å²) in [6.45, 7) is 0.262. The minimum Gasteiger partial charge on any atom is -0.461 e. The molecular weight excluding hydrogens is 422 g/mol. The number of hydrogen-bond acceptors (Lipinski definition) is 5. The summed E-state index contributed by atoms with van der Waals surface area (Å²) in [5, 5.41) is 2.31. The highest BCUT2D eigenvalue weighted by Gasteiger charge is 2.31. The van der Waals surface area contributed by atoms with Crippen molar-refractivity contribution < 1.29 is 19.1 Å². The summed E-state index contributed by atoms with van der Waals surface area (Å²) in [6.07, 6.45) is 5.08. The molecule has 1 fully saturated rings. The van der Waals surface area contributed by atoms with Gasteiger partial charge in [0.15, 0.2) is 0 Å². The standard InChI is InChI=1S/C25H25N3O5/c1-27-21-15-17(7-5-6-10-23(30)33-16-18-8-3-2-4-9-18)11-12-19(21)28(25(27)32)20-13-14-22(29)26-24(20)31/h2-5,7-9,11-12,15,20H,6,10,13-14,16H2,1H3,(H,26,29,31). The minimum absolute atomic E-state index is 0.202. The Morgan fingerprint density at radius 3 is 2.67 bits per heavy atom. The number of hydrogen-bond donors (Lipinski definition) is 1. The number of aryl methyl sites for hydroxylation is 1. The van der Waals surface area contributed by atoms with Gasteiger partial charge in [-0.15, -0.1) is 0 Å². The van der Waals surface area contributed by atoms with Crippen LogP contribution in [-0.2, 0) is 32.8 Å². The second-order valence-electron chi connectivity index (χ2n) is 8.01. The third-order valence-electron chi connectivity index (χ3n) is 5.70. The second-order valence-corrected chi connectivity index (χ2v) is 8.01. The van der Waals surface area contributed by atoms with Crippen molar-refractivity contribution in [2.75, 3.05) is 0 Å². The summed E-state index contributed by atoms with van der Waals surface area (Å²) in [5.41, 5.74) is 2.84. The molecule has 8 heteroatoms. The van der Waals surface area contributed by atoms with E-state index in [0.717, 1.165) is 11.1 Å². The molecule has 0 bridgehead atoms. The normalized spacial score (nSPS) is 16.3. The molecule has 3 aromatic rings. The first-order valence-corrected chi connectivity index (χ1v) is 10.8. The number of fused-ring (bicyclic) bond motifs is 1. The van der Waals surface area contributed by atoms with Crippen LogP contribution in [0, 0.1) is 0 Å². The molecule has 2 heterocycles. The Morgan fingerprint density at radius 1 is 1.12 bits per heavy atom. The van der Waals surface area contributed by atoms with Crippen molar-refractivity contribution in [2.45, 2.75) is 38.3 Å². The number of nitrogens with one attached hydrogen (secondary N) is 1. The van der Waals surface area contributed by atoms with Gasteiger partial charge in [0.2, 0.25) is 11.8 Å². The number of imide groups is 1. The average molecular weight is 447 g/mol. The zero-order valence-electron chi connectivity index (χ0n) is 18.3. The van der Waals surface area contributed by atoms with E-state index < -0.39 is 11.9 Å². The van der Waals surface area contributed by atoms with Gasteiger partial charge >= 0.3 is 11.7 Å². The van der Waals surface area contributed by atoms with Crippen molar-refractivity contribution >= 4 is 34.9 Å². The Labute approximate surface area is 190 Å². The second kappa shape index (κ2) is 9.68. The highest BCUT2D eigenvalue weighted by atomic mass is 16.5. The number of ether oxygens (including phenoxy) is 1. The lowest BCUT2D eigenvalue weighted by atomic mass is 10.1. The fraction of sp³-hybridized carbons (Fsp3) is 0.280. The monoisotopic (exact) mass is 447 g/mol. The molecule has 0 spiro atoms. The molecule has 1 aromatic heterocycles. The molecule has 2 aromatic carbocycles. The molecule has 170 valence electrons. The van der Waals surface area contributed by atoms with Crippen molar-refractivity contribution in [3.63, 3.8) is 0 Å². The Bertz CT molecular complexity index is 1290. The quantitative estimate of drug-likeness (QED) is 0.444. The number of rotatable bonds is 7. The number of benzene rings is 2. The molecule has 1 saturated heterocycles. The lowest BCUT2D eigenvalue weighted by Gasteiger charge is -2.21. The van der Waals surface area contributed by atoms with Crippen molar-refractivity contribution in [1.82, 2.24) is 14.5 Å². The molecule has 4 rings (SSSR count). The topological polar surface area (TPSA) is 99.4 Å². The number of imidazole rings is 1. The number of allylic oxidation sites excluding steroid dienone is 1. The van der Waals surface area contributed by atoms with Crippen LogP contribution in [0.25, 0.3) is 17.1 Å². The number of amides is 2. The molecule has 1 aliphatic rings. The molecule has 1 N–H and O–H groups in total. The first kappa shape index (κ1) is 22.3. The number of piperidine rings is 1. The van der Waals surface area contributed by atoms with Gasteiger partial charge in [-0.2, -0.15) is 0 Å². The average Bonchev–Trinajstić information content (AvgIpc) is 3.06. The van der Waals surface area contributed by atoms with Crippen LogP contribution in [0.3, 0.4) is 0 Å². The lowest BCUT2D eigenvalue weighted by molar-refractivity contribution is -0.145. The molecular formula is C25H25N3O5. The maximum Gasteiger partial charge on any atom is 0.329 e. The summed E-state index contributed by atoms with van der Waals surface area (Å²) >= 11 is 0. The van der Waals surface area contributed by atoms with Gasteiger partial charge in [0.05, 0.1) is 11.0 Å². The zero-order valence-corrected chi connectivity index (χ0v) is 18.3. The van der Waals surface area contributed by atoms with Crippen LogP contribution in [0.1, 0.15) is 42.9 Å². The van der Waals surface area contributed by atoms with Crippen molar-refractivity contribution in [3.8, 4) is 0 Å². The highest BCUT2D eigenvalue weighted by molar-refractivity contribution is 6.00. The van der Waals surface area contributed by atoms with Crippen LogP contribution < -0.4 is 11.0 Å². The molecule has 1 unspecified atom stereocenters. The number of nitrogens with zero attached hydrogens (tertiary/aromatic N) is 2. The smallest absolute Gasteiger partial charge is 0.329 e. The van der Waals surface area contributed by atoms with Gasteiger partial charge in [-0.3, -0.25) is 28.8 Å². The van der Waals surface area contributed by atoms with Gasteiger partial charge in [0.1, 0.15) is 12.6 Å². The first-order chi connectivity index (χ1) is 15.9. The summed E-state index contributed by atoms with van der Waals surface area (Å²) in [4.78, 5) is 48.5. The predicted molar refractivity (Wildman–Crippen MR) is 123 cm³/mol. The molecule has 0 saturated carbocycles. The molecule has 0 radical (unpaired) electrons. The van der Waals surface area contributed by atoms with Gasteiger partial charge in [-0.05, 0) is 36.1 Å². The number of carbonyl (C=O) groups excluding carboxylic acids is 3. The van der Waals surface area contributed by atoms with E-state index in [0.29, 0.717) is 23.9 Å². The van der Waals surface area contributed by atoms with Gasteiger partial charge < -0.3 is 4.74 Å². The molecule has 8 nitrogen and oxygen atoms in total. The van der Waals surface area contributed by atoms with E-state index in [2.05, 4.69) is 5.32 Å². The van der Waals surface area contributed by atoms with Crippen molar-refractivity contribution in [3.05, 3.63) is 76.2 Å². The fourth-order valence-corrected chi connectivity index (χ4v) is 3.94. The van der Waals surface area contributed by atoms with Crippen LogP contribution >= 0.6 is 0 Å². The van der Waals surface area contributed by atoms with Crippen molar-refractivity contribution in [1.29, 1.82) is 0 Å². The Kier molecular flexibility index (Phi) is 6.53. The minimum atomic E-state index is -0.706. The first-order valence-electron chi connectivity index (χ1n) is 10.8. The van der Waals surface area contributed by atoms with Crippen LogP contribution in [0.5, 0.6) is 0 Å². The fourth-order valence-electron chi connectivity index (χ4n) is 3.94. The molecule has 1 atom stereocenters. The summed E-state index contributed by atoms with van der Waals surface area (Å²) in [6, 6.07) is 14.3. The maximum absolute atomic E-state index is 12.8. The van der Waals surface area contributed by atoms with E-state index in [9.17, 15) is 19.2 Å². The Balaban J connectivity index is 1.41. The van der Waals surface area contributed by atoms with Crippen LogP contribution in [0.4, 0.5) is 0 Å². The largest absolute Gasteiger partial charge is 0.461 e. The molecule has 33 heavy (non-hydrogen) atoms. The van der Waals surface area contributed by atoms with Crippen LogP contribution in [0.2, 0.25) is 0 Å². The van der Waals surface area contributed by atoms with E-state index in [1.165, 1.54) is 9.13 Å². The zero-order chi connectivity index (χ0) is 23.4. The van der Waals surface area contributed by atoms with E-state index in [-0.39, 0.29) is 37.0 Å². The predicted octanol–water partition coefficient (Wildman–Crippen LogP) is 2.85. The summed E-state index contributed by atoms with van der Waals surface area (Å²) in [7, 11) is 1.66. The number of carbonyl (C=O) groups is 3. The van der Waals surface area contributed by atoms with Gasteiger partial charge in [0, 0.05) is 19.9 Å². The third kappa shape index (κ3) is 4.95. The van der Waals surface area contributed by atoms with Crippen molar-refractivity contribution in [2.24, 2.45) is 7.05 Å². The Hall–Kier alpha value is -3.94. The molecule has 0 aliphatic carbocycles. The number of aromatic nitrogens is 2. The maximum atomic E-state index is 12.8. The van der Waals surface area contributed by atoms with E-state index in [4.69, 9.17) is 4.74 Å².